The summed E-state index contributed by atoms with van der Waals surface area (Å²) in [7, 11) is -4.05. The van der Waals surface area contributed by atoms with Crippen molar-refractivity contribution >= 4 is 68.0 Å². The number of nitrogens with one attached hydrogen (secondary N) is 2. The van der Waals surface area contributed by atoms with Gasteiger partial charge >= 0.3 is 0 Å². The molecule has 0 aromatic heterocycles. The highest BCUT2D eigenvalue weighted by Gasteiger charge is 2.19. The van der Waals surface area contributed by atoms with E-state index in [2.05, 4.69) is 10.0 Å². The lowest BCUT2D eigenvalue weighted by molar-refractivity contribution is 0.0996. The van der Waals surface area contributed by atoms with Crippen LogP contribution in [-0.2, 0) is 10.0 Å². The van der Waals surface area contributed by atoms with Gasteiger partial charge in [-0.2, -0.15) is 0 Å². The zero-order valence-corrected chi connectivity index (χ0v) is 18.6. The Hall–Kier alpha value is -2.78. The summed E-state index contributed by atoms with van der Waals surface area (Å²) in [5, 5.41) is 2.96. The summed E-state index contributed by atoms with van der Waals surface area (Å²) in [5.41, 5.74) is 5.90. The van der Waals surface area contributed by atoms with Gasteiger partial charge in [-0.05, 0) is 54.6 Å². The number of primary amides is 1. The highest BCUT2D eigenvalue weighted by atomic mass is 35.5. The molecule has 0 saturated carbocycles. The lowest BCUT2D eigenvalue weighted by atomic mass is 10.1. The van der Waals surface area contributed by atoms with Crippen LogP contribution in [0.25, 0.3) is 0 Å². The van der Waals surface area contributed by atoms with Gasteiger partial charge in [0, 0.05) is 22.0 Å². The first-order valence-electron chi connectivity index (χ1n) is 8.55. The number of anilines is 2. The van der Waals surface area contributed by atoms with Crippen LogP contribution < -0.4 is 15.8 Å². The minimum atomic E-state index is -4.05. The van der Waals surface area contributed by atoms with Crippen LogP contribution in [0.1, 0.15) is 20.7 Å². The number of carbonyl (C=O) groups excluding carboxylic acids is 2. The molecule has 0 heterocycles. The fourth-order valence-electron chi connectivity index (χ4n) is 2.61. The number of amides is 2. The van der Waals surface area contributed by atoms with Crippen LogP contribution >= 0.6 is 34.8 Å². The molecule has 11 heteroatoms. The molecule has 0 aliphatic heterocycles. The normalized spacial score (nSPS) is 11.1. The fourth-order valence-corrected chi connectivity index (χ4v) is 4.64. The quantitative estimate of drug-likeness (QED) is 0.452. The van der Waals surface area contributed by atoms with Crippen LogP contribution in [0.4, 0.5) is 11.4 Å². The Balaban J connectivity index is 1.83. The number of benzene rings is 3. The lowest BCUT2D eigenvalue weighted by Gasteiger charge is -2.12. The van der Waals surface area contributed by atoms with E-state index in [0.717, 1.165) is 0 Å². The summed E-state index contributed by atoms with van der Waals surface area (Å²) >= 11 is 17.8. The molecule has 0 unspecified atom stereocenters. The average molecular weight is 499 g/mol. The third-order valence-corrected chi connectivity index (χ3v) is 6.48. The summed E-state index contributed by atoms with van der Waals surface area (Å²) in [6, 6.07) is 14.1. The maximum Gasteiger partial charge on any atom is 0.263 e. The van der Waals surface area contributed by atoms with Crippen molar-refractivity contribution in [1.29, 1.82) is 0 Å². The highest BCUT2D eigenvalue weighted by Crippen LogP contribution is 2.27. The number of halogens is 3. The number of nitrogens with two attached hydrogens (primary N) is 1. The van der Waals surface area contributed by atoms with E-state index in [1.54, 1.807) is 0 Å². The van der Waals surface area contributed by atoms with Gasteiger partial charge in [-0.3, -0.25) is 14.3 Å². The third kappa shape index (κ3) is 5.48. The number of rotatable bonds is 6. The van der Waals surface area contributed by atoms with E-state index in [9.17, 15) is 18.0 Å². The smallest absolute Gasteiger partial charge is 0.263 e. The van der Waals surface area contributed by atoms with Crippen molar-refractivity contribution in [2.75, 3.05) is 10.0 Å². The summed E-state index contributed by atoms with van der Waals surface area (Å²) in [6.07, 6.45) is 0. The number of sulfonamides is 1. The van der Waals surface area contributed by atoms with Gasteiger partial charge in [0.1, 0.15) is 4.90 Å². The Morgan fingerprint density at radius 1 is 0.839 bits per heavy atom. The van der Waals surface area contributed by atoms with E-state index in [1.165, 1.54) is 60.7 Å². The van der Waals surface area contributed by atoms with Crippen LogP contribution in [0.3, 0.4) is 0 Å². The number of hydrogen-bond donors (Lipinski definition) is 3. The molecule has 0 fully saturated rings. The van der Waals surface area contributed by atoms with E-state index >= 15 is 0 Å². The molecule has 7 nitrogen and oxygen atoms in total. The predicted molar refractivity (Wildman–Crippen MR) is 122 cm³/mol. The minimum absolute atomic E-state index is 0.00112. The maximum absolute atomic E-state index is 12.7. The standard InChI is InChI=1S/C20H14Cl3N3O4S/c21-12-4-6-17(23)18(9-12)31(29,30)26-14-3-1-2-11(8-14)20(28)25-13-5-7-16(22)15(10-13)19(24)27/h1-10,26H,(H2,24,27)(H,25,28). The largest absolute Gasteiger partial charge is 0.366 e. The minimum Gasteiger partial charge on any atom is -0.366 e. The van der Waals surface area contributed by atoms with Crippen LogP contribution in [0, 0.1) is 0 Å². The number of carbonyl (C=O) groups is 2. The second-order valence-corrected chi connectivity index (χ2v) is 9.18. The average Bonchev–Trinajstić information content (AvgIpc) is 2.70. The molecule has 0 atom stereocenters. The van der Waals surface area contributed by atoms with Gasteiger partial charge in [-0.1, -0.05) is 40.9 Å². The lowest BCUT2D eigenvalue weighted by Crippen LogP contribution is -2.16. The van der Waals surface area contributed by atoms with Crippen molar-refractivity contribution < 1.29 is 18.0 Å². The summed E-state index contributed by atoms with van der Waals surface area (Å²) < 4.78 is 27.7. The Morgan fingerprint density at radius 2 is 1.55 bits per heavy atom. The second kappa shape index (κ2) is 9.15. The van der Waals surface area contributed by atoms with Gasteiger partial charge in [0.25, 0.3) is 15.9 Å². The van der Waals surface area contributed by atoms with Gasteiger partial charge < -0.3 is 11.1 Å². The van der Waals surface area contributed by atoms with E-state index in [4.69, 9.17) is 40.5 Å². The van der Waals surface area contributed by atoms with Gasteiger partial charge in [-0.25, -0.2) is 8.42 Å². The molecule has 0 aliphatic rings. The van der Waals surface area contributed by atoms with E-state index < -0.39 is 21.8 Å². The summed E-state index contributed by atoms with van der Waals surface area (Å²) in [5.74, 6) is -1.28. The summed E-state index contributed by atoms with van der Waals surface area (Å²) in [4.78, 5) is 23.8. The van der Waals surface area contributed by atoms with Gasteiger partial charge in [0.2, 0.25) is 5.91 Å². The SMILES string of the molecule is NC(=O)c1cc(NC(=O)c2cccc(NS(=O)(=O)c3cc(Cl)ccc3Cl)c2)ccc1Cl. The Morgan fingerprint density at radius 3 is 2.26 bits per heavy atom. The fraction of sp³-hybridized carbons (Fsp3) is 0. The molecule has 3 rings (SSSR count). The second-order valence-electron chi connectivity index (χ2n) is 6.27. The van der Waals surface area contributed by atoms with E-state index in [0.29, 0.717) is 5.69 Å². The first-order valence-corrected chi connectivity index (χ1v) is 11.2. The first kappa shape index (κ1) is 22.9. The molecule has 31 heavy (non-hydrogen) atoms. The third-order valence-electron chi connectivity index (χ3n) is 4.05. The van der Waals surface area contributed by atoms with Crippen molar-refractivity contribution in [2.24, 2.45) is 5.73 Å². The van der Waals surface area contributed by atoms with E-state index in [-0.39, 0.29) is 36.8 Å². The van der Waals surface area contributed by atoms with Crippen LogP contribution in [0.5, 0.6) is 0 Å². The maximum atomic E-state index is 12.7. The molecular formula is C20H14Cl3N3O4S. The van der Waals surface area contributed by atoms with Crippen LogP contribution in [0.15, 0.2) is 65.6 Å². The number of hydrogen-bond acceptors (Lipinski definition) is 4. The van der Waals surface area contributed by atoms with Crippen molar-refractivity contribution in [3.63, 3.8) is 0 Å². The van der Waals surface area contributed by atoms with Crippen LogP contribution in [0.2, 0.25) is 15.1 Å². The van der Waals surface area contributed by atoms with Crippen molar-refractivity contribution in [1.82, 2.24) is 0 Å². The molecule has 0 bridgehead atoms. The molecule has 3 aromatic carbocycles. The zero-order valence-electron chi connectivity index (χ0n) is 15.5. The van der Waals surface area contributed by atoms with E-state index in [1.807, 2.05) is 0 Å². The molecular weight excluding hydrogens is 485 g/mol. The van der Waals surface area contributed by atoms with Crippen molar-refractivity contribution in [3.05, 3.63) is 86.9 Å². The Kier molecular flexibility index (Phi) is 6.76. The molecule has 160 valence electrons. The molecule has 3 aromatic rings. The Bertz CT molecular complexity index is 1300. The molecule has 4 N–H and O–H groups in total. The monoisotopic (exact) mass is 497 g/mol. The van der Waals surface area contributed by atoms with Crippen molar-refractivity contribution in [2.45, 2.75) is 4.90 Å². The van der Waals surface area contributed by atoms with Gasteiger partial charge in [0.05, 0.1) is 15.6 Å². The highest BCUT2D eigenvalue weighted by molar-refractivity contribution is 7.92. The molecule has 2 amide bonds. The van der Waals surface area contributed by atoms with Gasteiger partial charge in [0.15, 0.2) is 0 Å². The Labute approximate surface area is 193 Å². The predicted octanol–water partition coefficient (Wildman–Crippen LogP) is 4.80. The molecule has 0 radical (unpaired) electrons. The van der Waals surface area contributed by atoms with Crippen molar-refractivity contribution in [3.8, 4) is 0 Å². The molecule has 0 saturated heterocycles. The molecule has 0 spiro atoms. The first-order chi connectivity index (χ1) is 14.6. The zero-order chi connectivity index (χ0) is 22.8. The van der Waals surface area contributed by atoms with Gasteiger partial charge in [-0.15, -0.1) is 0 Å². The molecule has 0 aliphatic carbocycles. The van der Waals surface area contributed by atoms with Crippen LogP contribution in [-0.4, -0.2) is 20.2 Å². The topological polar surface area (TPSA) is 118 Å². The summed E-state index contributed by atoms with van der Waals surface area (Å²) in [6.45, 7) is 0.